The Morgan fingerprint density at radius 3 is 2.44 bits per heavy atom. The zero-order chi connectivity index (χ0) is 12.3. The molecule has 5 heteroatoms. The zero-order valence-electron chi connectivity index (χ0n) is 9.27. The molecule has 0 N–H and O–H groups in total. The molecule has 0 radical (unpaired) electrons. The highest BCUT2D eigenvalue weighted by Crippen LogP contribution is 2.22. The van der Waals surface area contributed by atoms with Crippen molar-refractivity contribution in [3.05, 3.63) is 41.4 Å². The van der Waals surface area contributed by atoms with Gasteiger partial charge in [0.2, 0.25) is 0 Å². The van der Waals surface area contributed by atoms with Crippen LogP contribution in [0.25, 0.3) is 0 Å². The van der Waals surface area contributed by atoms with E-state index in [0.29, 0.717) is 5.75 Å². The molecular weight excluding hydrogens is 216 g/mol. The Hall–Kier alpha value is -1.39. The fourth-order valence-electron chi connectivity index (χ4n) is 1.23. The van der Waals surface area contributed by atoms with Crippen LogP contribution in [-0.2, 0) is 0 Å². The van der Waals surface area contributed by atoms with Crippen molar-refractivity contribution >= 4 is 6.98 Å². The maximum absolute atomic E-state index is 12.2. The lowest BCUT2D eigenvalue weighted by molar-refractivity contribution is 0.344. The van der Waals surface area contributed by atoms with Gasteiger partial charge < -0.3 is 17.7 Å². The lowest BCUT2D eigenvalue weighted by Crippen LogP contribution is -2.23. The number of halogens is 3. The summed E-state index contributed by atoms with van der Waals surface area (Å²) >= 11 is 0. The van der Waals surface area contributed by atoms with E-state index in [4.69, 9.17) is 4.74 Å². The first-order chi connectivity index (χ1) is 7.30. The van der Waals surface area contributed by atoms with Crippen LogP contribution in [0.4, 0.5) is 12.9 Å². The molecule has 0 saturated carbocycles. The van der Waals surface area contributed by atoms with Crippen molar-refractivity contribution in [1.29, 1.82) is 0 Å². The van der Waals surface area contributed by atoms with Crippen molar-refractivity contribution in [2.45, 2.75) is 13.8 Å². The predicted molar refractivity (Wildman–Crippen MR) is 59.6 cm³/mol. The summed E-state index contributed by atoms with van der Waals surface area (Å²) < 4.78 is 41.7. The second-order valence-electron chi connectivity index (χ2n) is 3.79. The molecule has 0 aliphatic rings. The highest BCUT2D eigenvalue weighted by molar-refractivity contribution is 6.66. The average Bonchev–Trinajstić information content (AvgIpc) is 2.14. The van der Waals surface area contributed by atoms with Gasteiger partial charge in [0.1, 0.15) is 5.75 Å². The van der Waals surface area contributed by atoms with Gasteiger partial charge in [0.25, 0.3) is 0 Å². The number of hydrogen-bond acceptors (Lipinski definition) is 1. The lowest BCUT2D eigenvalue weighted by Gasteiger charge is -2.19. The van der Waals surface area contributed by atoms with Crippen molar-refractivity contribution in [2.75, 3.05) is 6.61 Å². The van der Waals surface area contributed by atoms with Gasteiger partial charge >= 0.3 is 6.98 Å². The van der Waals surface area contributed by atoms with Crippen molar-refractivity contribution in [2.24, 2.45) is 0 Å². The molecule has 0 aliphatic carbocycles. The van der Waals surface area contributed by atoms with Crippen LogP contribution < -0.4 is 4.74 Å². The molecule has 1 rings (SSSR count). The van der Waals surface area contributed by atoms with Crippen LogP contribution in [-0.4, -0.2) is 13.6 Å². The summed E-state index contributed by atoms with van der Waals surface area (Å²) in [5.74, 6) is 0.465. The van der Waals surface area contributed by atoms with Gasteiger partial charge in [-0.3, -0.25) is 0 Å². The maximum Gasteiger partial charge on any atom is 0.508 e. The van der Waals surface area contributed by atoms with Gasteiger partial charge in [-0.15, -0.1) is 12.1 Å². The van der Waals surface area contributed by atoms with E-state index >= 15 is 0 Å². The molecule has 1 aromatic rings. The molecule has 16 heavy (non-hydrogen) atoms. The van der Waals surface area contributed by atoms with Crippen LogP contribution in [0.3, 0.4) is 0 Å². The number of hydrogen-bond donors (Lipinski definition) is 0. The van der Waals surface area contributed by atoms with Crippen LogP contribution in [0.1, 0.15) is 11.1 Å². The third kappa shape index (κ3) is 3.33. The average molecular weight is 229 g/mol. The first-order valence-electron chi connectivity index (χ1n) is 4.88. The van der Waals surface area contributed by atoms with Crippen molar-refractivity contribution < 1.29 is 17.7 Å². The second-order valence-corrected chi connectivity index (χ2v) is 3.79. The quantitative estimate of drug-likeness (QED) is 0.716. The van der Waals surface area contributed by atoms with Crippen molar-refractivity contribution in [3.8, 4) is 5.75 Å². The summed E-state index contributed by atoms with van der Waals surface area (Å²) in [4.78, 5) is 0. The zero-order valence-corrected chi connectivity index (χ0v) is 9.27. The molecule has 0 unspecified atom stereocenters. The molecule has 0 amide bonds. The first kappa shape index (κ1) is 12.7. The molecule has 88 valence electrons. The highest BCUT2D eigenvalue weighted by atomic mass is 19.4. The first-order valence-corrected chi connectivity index (χ1v) is 4.88. The monoisotopic (exact) mass is 229 g/mol. The van der Waals surface area contributed by atoms with Gasteiger partial charge in [-0.25, -0.2) is 0 Å². The minimum atomic E-state index is -5.01. The summed E-state index contributed by atoms with van der Waals surface area (Å²) in [6.45, 7) is 1.16. The topological polar surface area (TPSA) is 9.23 Å². The molecule has 0 atom stereocenters. The van der Waals surface area contributed by atoms with Gasteiger partial charge in [-0.05, 0) is 25.5 Å². The number of aryl methyl sites for hydroxylation is 2. The van der Waals surface area contributed by atoms with E-state index in [1.54, 1.807) is 19.1 Å². The van der Waals surface area contributed by atoms with E-state index in [2.05, 4.69) is 6.58 Å². The summed E-state index contributed by atoms with van der Waals surface area (Å²) in [6, 6.07) is 5.32. The summed E-state index contributed by atoms with van der Waals surface area (Å²) in [7, 11) is 0. The van der Waals surface area contributed by atoms with Crippen molar-refractivity contribution in [3.63, 3.8) is 0 Å². The molecular formula is C11H13BF3O-. The summed E-state index contributed by atoms with van der Waals surface area (Å²) in [6.07, 6.45) is 0. The Morgan fingerprint density at radius 2 is 1.94 bits per heavy atom. The maximum atomic E-state index is 12.2. The fraction of sp³-hybridized carbons (Fsp3) is 0.273. The van der Waals surface area contributed by atoms with E-state index in [9.17, 15) is 12.9 Å². The van der Waals surface area contributed by atoms with E-state index in [1.807, 2.05) is 13.0 Å². The molecule has 1 nitrogen and oxygen atoms in total. The Bertz CT molecular complexity index is 399. The van der Waals surface area contributed by atoms with Crippen LogP contribution in [0, 0.1) is 13.8 Å². The molecule has 1 aromatic carbocycles. The smallest absolute Gasteiger partial charge is 0.492 e. The standard InChI is InChI=1S/C11H13BF3O/c1-8-4-5-11(9(2)6-8)16-7-10(3)12(13,14)15/h4-6H,3,7H2,1-2H3/q-1. The van der Waals surface area contributed by atoms with Crippen LogP contribution >= 0.6 is 0 Å². The van der Waals surface area contributed by atoms with Gasteiger partial charge in [0.15, 0.2) is 0 Å². The Morgan fingerprint density at radius 1 is 1.31 bits per heavy atom. The molecule has 0 aliphatic heterocycles. The molecule has 0 fully saturated rings. The molecule has 0 aromatic heterocycles. The van der Waals surface area contributed by atoms with E-state index < -0.39 is 19.1 Å². The Kier molecular flexibility index (Phi) is 3.68. The van der Waals surface area contributed by atoms with Gasteiger partial charge in [0.05, 0.1) is 6.61 Å². The van der Waals surface area contributed by atoms with Crippen LogP contribution in [0.15, 0.2) is 30.3 Å². The third-order valence-electron chi connectivity index (χ3n) is 2.21. The minimum Gasteiger partial charge on any atom is -0.492 e. The van der Waals surface area contributed by atoms with Gasteiger partial charge in [0, 0.05) is 0 Å². The second kappa shape index (κ2) is 4.64. The molecule has 0 bridgehead atoms. The fourth-order valence-corrected chi connectivity index (χ4v) is 1.23. The number of rotatable bonds is 4. The van der Waals surface area contributed by atoms with E-state index in [1.165, 1.54) is 0 Å². The van der Waals surface area contributed by atoms with E-state index in [-0.39, 0.29) is 0 Å². The van der Waals surface area contributed by atoms with Gasteiger partial charge in [-0.2, -0.15) is 0 Å². The number of benzene rings is 1. The largest absolute Gasteiger partial charge is 0.508 e. The molecule has 0 heterocycles. The Balaban J connectivity index is 2.65. The Labute approximate surface area is 93.0 Å². The van der Waals surface area contributed by atoms with Gasteiger partial charge in [-0.1, -0.05) is 17.7 Å². The molecule has 0 spiro atoms. The van der Waals surface area contributed by atoms with Crippen LogP contribution in [0.5, 0.6) is 5.75 Å². The summed E-state index contributed by atoms with van der Waals surface area (Å²) in [5.41, 5.74) is 1.05. The van der Waals surface area contributed by atoms with Crippen LogP contribution in [0.2, 0.25) is 0 Å². The minimum absolute atomic E-state index is 0.465. The lowest BCUT2D eigenvalue weighted by atomic mass is 9.81. The SMILES string of the molecule is C=C(COc1ccc(C)cc1C)[B-](F)(F)F. The number of ether oxygens (including phenoxy) is 1. The molecule has 0 saturated heterocycles. The predicted octanol–water partition coefficient (Wildman–Crippen LogP) is 3.63. The third-order valence-corrected chi connectivity index (χ3v) is 2.21. The summed E-state index contributed by atoms with van der Waals surface area (Å²) in [5, 5.41) is 0. The van der Waals surface area contributed by atoms with E-state index in [0.717, 1.165) is 11.1 Å². The normalized spacial score (nSPS) is 11.3. The van der Waals surface area contributed by atoms with Crippen molar-refractivity contribution in [1.82, 2.24) is 0 Å². The highest BCUT2D eigenvalue weighted by Gasteiger charge is 2.26.